The van der Waals surface area contributed by atoms with Crippen molar-refractivity contribution in [3.8, 4) is 5.75 Å². The zero-order valence-corrected chi connectivity index (χ0v) is 12.5. The smallest absolute Gasteiger partial charge is 0.279 e. The summed E-state index contributed by atoms with van der Waals surface area (Å²) >= 11 is 1.01. The Kier molecular flexibility index (Phi) is 4.77. The van der Waals surface area contributed by atoms with Crippen LogP contribution in [0.4, 0.5) is 8.78 Å². The van der Waals surface area contributed by atoms with E-state index in [0.29, 0.717) is 24.5 Å². The fourth-order valence-corrected chi connectivity index (χ4v) is 2.66. The average Bonchev–Trinajstić information content (AvgIpc) is 2.83. The normalized spacial score (nSPS) is 22.3. The van der Waals surface area contributed by atoms with E-state index < -0.39 is 5.92 Å². The Bertz CT molecular complexity index is 542. The van der Waals surface area contributed by atoms with Gasteiger partial charge in [0.1, 0.15) is 18.0 Å². The van der Waals surface area contributed by atoms with Gasteiger partial charge in [-0.15, -0.1) is 11.3 Å². The zero-order chi connectivity index (χ0) is 15.5. The zero-order valence-electron chi connectivity index (χ0n) is 11.7. The molecule has 1 aromatic rings. The molecule has 2 rings (SSSR count). The predicted molar refractivity (Wildman–Crippen MR) is 80.2 cm³/mol. The Hall–Kier alpha value is -1.69. The van der Waals surface area contributed by atoms with Gasteiger partial charge in [-0.3, -0.25) is 0 Å². The quantitative estimate of drug-likeness (QED) is 0.571. The van der Waals surface area contributed by atoms with Crippen LogP contribution in [-0.2, 0) is 10.7 Å². The number of hydrogen-bond acceptors (Lipinski definition) is 4. The highest BCUT2D eigenvalue weighted by Crippen LogP contribution is 2.37. The molecule has 0 N–H and O–H groups in total. The summed E-state index contributed by atoms with van der Waals surface area (Å²) in [6.07, 6.45) is 4.29. The Balaban J connectivity index is 1.80. The van der Waals surface area contributed by atoms with Gasteiger partial charge in [0.15, 0.2) is 0 Å². The number of hydrogen-bond donors (Lipinski definition) is 0. The van der Waals surface area contributed by atoms with Gasteiger partial charge in [0.05, 0.1) is 4.88 Å². The number of nitrogens with zero attached hydrogens (tertiary/aromatic N) is 1. The van der Waals surface area contributed by atoms with Gasteiger partial charge in [0.2, 0.25) is 5.90 Å². The van der Waals surface area contributed by atoms with Crippen LogP contribution >= 0.6 is 11.3 Å². The molecule has 1 saturated carbocycles. The van der Waals surface area contributed by atoms with Crippen molar-refractivity contribution in [3.63, 3.8) is 0 Å². The molecule has 0 atom stereocenters. The van der Waals surface area contributed by atoms with Crippen LogP contribution in [0, 0.1) is 0 Å². The van der Waals surface area contributed by atoms with Crippen LogP contribution in [0.25, 0.3) is 0 Å². The van der Waals surface area contributed by atoms with Gasteiger partial charge in [-0.05, 0) is 6.08 Å². The molecule has 0 radical (unpaired) electrons. The summed E-state index contributed by atoms with van der Waals surface area (Å²) in [5.41, 5.74) is 0. The first kappa shape index (κ1) is 15.7. The van der Waals surface area contributed by atoms with E-state index in [1.807, 2.05) is 0 Å². The summed E-state index contributed by atoms with van der Waals surface area (Å²) in [5.74, 6) is -1.90. The van der Waals surface area contributed by atoms with Crippen LogP contribution in [0.15, 0.2) is 41.9 Å². The van der Waals surface area contributed by atoms with Crippen LogP contribution in [0.2, 0.25) is 0 Å². The van der Waals surface area contributed by atoms with Crippen molar-refractivity contribution < 1.29 is 18.3 Å². The van der Waals surface area contributed by atoms with E-state index in [4.69, 9.17) is 9.47 Å². The highest BCUT2D eigenvalue weighted by Gasteiger charge is 2.34. The number of ether oxygens (including phenoxy) is 2. The average molecular weight is 313 g/mol. The predicted octanol–water partition coefficient (Wildman–Crippen LogP) is 4.51. The molecule has 1 aliphatic carbocycles. The van der Waals surface area contributed by atoms with Crippen molar-refractivity contribution in [2.24, 2.45) is 4.99 Å². The number of halogens is 2. The molecular weight excluding hydrogens is 296 g/mol. The maximum Gasteiger partial charge on any atom is 0.279 e. The fraction of sp³-hybridized carbons (Fsp3) is 0.400. The SMILES string of the molecule is C=CN=C(C=C)OC1CC(Oc2csc(C(C)(F)F)c2)C1. The van der Waals surface area contributed by atoms with Gasteiger partial charge in [-0.1, -0.05) is 13.2 Å². The first-order chi connectivity index (χ1) is 9.92. The molecule has 0 bridgehead atoms. The lowest BCUT2D eigenvalue weighted by atomic mass is 9.92. The van der Waals surface area contributed by atoms with E-state index in [2.05, 4.69) is 18.2 Å². The molecule has 0 aromatic carbocycles. The minimum atomic E-state index is -2.82. The number of rotatable bonds is 6. The van der Waals surface area contributed by atoms with Crippen LogP contribution in [0.1, 0.15) is 24.6 Å². The van der Waals surface area contributed by atoms with Crippen molar-refractivity contribution in [2.75, 3.05) is 0 Å². The van der Waals surface area contributed by atoms with E-state index in [-0.39, 0.29) is 17.1 Å². The standard InChI is InChI=1S/C15H17F2NO2S/c1-4-14(18-5-2)20-11-6-10(7-11)19-12-8-13(21-9-12)15(3,16)17/h4-5,8-11H,1-2,6-7H2,3H3. The van der Waals surface area contributed by atoms with E-state index in [1.165, 1.54) is 18.3 Å². The van der Waals surface area contributed by atoms with Crippen molar-refractivity contribution >= 4 is 17.2 Å². The third-order valence-corrected chi connectivity index (χ3v) is 4.12. The highest BCUT2D eigenvalue weighted by atomic mass is 32.1. The summed E-state index contributed by atoms with van der Waals surface area (Å²) in [6, 6.07) is 1.40. The molecular formula is C15H17F2NO2S. The van der Waals surface area contributed by atoms with E-state index >= 15 is 0 Å². The monoisotopic (exact) mass is 313 g/mol. The summed E-state index contributed by atoms with van der Waals surface area (Å²) in [4.78, 5) is 3.93. The van der Waals surface area contributed by atoms with Crippen molar-refractivity contribution in [2.45, 2.75) is 37.9 Å². The third kappa shape index (κ3) is 4.14. The van der Waals surface area contributed by atoms with Crippen LogP contribution in [-0.4, -0.2) is 18.1 Å². The molecule has 1 aromatic heterocycles. The van der Waals surface area contributed by atoms with Crippen molar-refractivity contribution in [1.82, 2.24) is 0 Å². The lowest BCUT2D eigenvalue weighted by molar-refractivity contribution is -0.00230. The molecule has 1 heterocycles. The van der Waals surface area contributed by atoms with Gasteiger partial charge in [0.25, 0.3) is 5.92 Å². The van der Waals surface area contributed by atoms with Gasteiger partial charge < -0.3 is 9.47 Å². The minimum absolute atomic E-state index is 0.0108. The Morgan fingerprint density at radius 3 is 2.67 bits per heavy atom. The molecule has 3 nitrogen and oxygen atoms in total. The van der Waals surface area contributed by atoms with Gasteiger partial charge in [-0.25, -0.2) is 13.8 Å². The number of thiophene rings is 1. The topological polar surface area (TPSA) is 30.8 Å². The molecule has 0 spiro atoms. The van der Waals surface area contributed by atoms with Gasteiger partial charge >= 0.3 is 0 Å². The summed E-state index contributed by atoms with van der Waals surface area (Å²) in [5, 5.41) is 1.61. The lowest BCUT2D eigenvalue weighted by Gasteiger charge is -2.34. The van der Waals surface area contributed by atoms with Gasteiger partial charge in [0, 0.05) is 37.4 Å². The van der Waals surface area contributed by atoms with Gasteiger partial charge in [-0.2, -0.15) is 0 Å². The van der Waals surface area contributed by atoms with Crippen LogP contribution in [0.3, 0.4) is 0 Å². The summed E-state index contributed by atoms with van der Waals surface area (Å²) in [6.45, 7) is 7.97. The fourth-order valence-electron chi connectivity index (χ4n) is 1.91. The summed E-state index contributed by atoms with van der Waals surface area (Å²) < 4.78 is 37.5. The molecule has 21 heavy (non-hydrogen) atoms. The molecule has 1 aliphatic rings. The van der Waals surface area contributed by atoms with Crippen molar-refractivity contribution in [1.29, 1.82) is 0 Å². The Morgan fingerprint density at radius 1 is 1.43 bits per heavy atom. The molecule has 0 amide bonds. The highest BCUT2D eigenvalue weighted by molar-refractivity contribution is 7.10. The molecule has 0 saturated heterocycles. The largest absolute Gasteiger partial charge is 0.489 e. The van der Waals surface area contributed by atoms with E-state index in [9.17, 15) is 8.78 Å². The maximum absolute atomic E-state index is 13.1. The second-order valence-electron chi connectivity index (χ2n) is 4.84. The summed E-state index contributed by atoms with van der Waals surface area (Å²) in [7, 11) is 0. The molecule has 6 heteroatoms. The minimum Gasteiger partial charge on any atom is -0.489 e. The first-order valence-corrected chi connectivity index (χ1v) is 7.41. The molecule has 1 fully saturated rings. The molecule has 0 aliphatic heterocycles. The molecule has 114 valence electrons. The van der Waals surface area contributed by atoms with Crippen LogP contribution in [0.5, 0.6) is 5.75 Å². The van der Waals surface area contributed by atoms with E-state index in [1.54, 1.807) is 5.38 Å². The van der Waals surface area contributed by atoms with E-state index in [0.717, 1.165) is 18.3 Å². The second-order valence-corrected chi connectivity index (χ2v) is 5.75. The molecule has 0 unspecified atom stereocenters. The first-order valence-electron chi connectivity index (χ1n) is 6.53. The number of alkyl halides is 2. The Labute approximate surface area is 126 Å². The Morgan fingerprint density at radius 2 is 2.14 bits per heavy atom. The van der Waals surface area contributed by atoms with Crippen LogP contribution < -0.4 is 4.74 Å². The third-order valence-electron chi connectivity index (χ3n) is 3.04. The maximum atomic E-state index is 13.1. The van der Waals surface area contributed by atoms with Crippen molar-refractivity contribution in [3.05, 3.63) is 41.8 Å². The lowest BCUT2D eigenvalue weighted by Crippen LogP contribution is -2.40. The number of aliphatic imine (C=N–C) groups is 1. The second kappa shape index (κ2) is 6.39.